The second-order valence-electron chi connectivity index (χ2n) is 8.99. The molecule has 0 saturated heterocycles. The summed E-state index contributed by atoms with van der Waals surface area (Å²) in [6.45, 7) is 14.8. The van der Waals surface area contributed by atoms with Crippen molar-refractivity contribution in [3.8, 4) is 0 Å². The summed E-state index contributed by atoms with van der Waals surface area (Å²) in [4.78, 5) is 8.02. The number of rotatable bonds is 11. The van der Waals surface area contributed by atoms with Crippen molar-refractivity contribution in [1.29, 1.82) is 0 Å². The third-order valence-electron chi connectivity index (χ3n) is 6.11. The zero-order valence-corrected chi connectivity index (χ0v) is 21.7. The summed E-state index contributed by atoms with van der Waals surface area (Å²) in [7, 11) is -2.70. The molecule has 1 saturated carbocycles. The standard InChI is InChI=1S/C26H43N5OS/c1-7-18-31(19-8-2)24-14-10-23(11-15-24)30-26(20(4)9-3)29-21(5)28-22-12-16-25(17-13-22)33(6,27)32/h9,12-13,16-17,23-24,30H,3,6-8,10-11,14-15,18-19H2,1-2,4-5H3,(H2,27,32)(H,28,29)/b26-20+. The van der Waals surface area contributed by atoms with Crippen LogP contribution in [0.25, 0.3) is 0 Å². The van der Waals surface area contributed by atoms with Gasteiger partial charge in [-0.05, 0) is 101 Å². The van der Waals surface area contributed by atoms with E-state index in [1.165, 1.54) is 38.8 Å². The number of nitrogens with two attached hydrogens (primary N) is 1. The van der Waals surface area contributed by atoms with Crippen LogP contribution in [0.5, 0.6) is 0 Å². The maximum Gasteiger partial charge on any atom is 0.131 e. The molecule has 1 aliphatic carbocycles. The second-order valence-corrected chi connectivity index (χ2v) is 10.9. The number of allylic oxidation sites excluding steroid dienone is 2. The Morgan fingerprint density at radius 3 is 2.21 bits per heavy atom. The van der Waals surface area contributed by atoms with E-state index in [0.717, 1.165) is 35.8 Å². The van der Waals surface area contributed by atoms with E-state index in [4.69, 9.17) is 10.1 Å². The van der Waals surface area contributed by atoms with Crippen molar-refractivity contribution in [2.45, 2.75) is 83.2 Å². The second kappa shape index (κ2) is 13.0. The summed E-state index contributed by atoms with van der Waals surface area (Å²) in [5.74, 6) is 5.14. The van der Waals surface area contributed by atoms with Crippen LogP contribution in [0.3, 0.4) is 0 Å². The van der Waals surface area contributed by atoms with Crippen LogP contribution in [0, 0.1) is 0 Å². The van der Waals surface area contributed by atoms with E-state index in [9.17, 15) is 4.21 Å². The number of nitrogens with one attached hydrogen (secondary N) is 2. The Morgan fingerprint density at radius 2 is 1.73 bits per heavy atom. The van der Waals surface area contributed by atoms with E-state index in [0.29, 0.717) is 17.0 Å². The van der Waals surface area contributed by atoms with Crippen LogP contribution in [-0.4, -0.2) is 46.0 Å². The molecule has 4 N–H and O–H groups in total. The number of nitrogens with zero attached hydrogens (tertiary/aromatic N) is 2. The molecular formula is C26H43N5OS. The van der Waals surface area contributed by atoms with Gasteiger partial charge in [0.1, 0.15) is 11.7 Å². The fourth-order valence-electron chi connectivity index (χ4n) is 4.33. The lowest BCUT2D eigenvalue weighted by atomic mass is 9.89. The first-order chi connectivity index (χ1) is 15.7. The topological polar surface area (TPSA) is 82.7 Å². The van der Waals surface area contributed by atoms with Crippen molar-refractivity contribution in [3.63, 3.8) is 0 Å². The predicted molar refractivity (Wildman–Crippen MR) is 145 cm³/mol. The van der Waals surface area contributed by atoms with E-state index in [1.807, 2.05) is 32.1 Å². The third kappa shape index (κ3) is 8.65. The van der Waals surface area contributed by atoms with E-state index < -0.39 is 9.71 Å². The average Bonchev–Trinajstić information content (AvgIpc) is 2.78. The first-order valence-electron chi connectivity index (χ1n) is 12.1. The summed E-state index contributed by atoms with van der Waals surface area (Å²) in [6.07, 6.45) is 9.02. The Hall–Kier alpha value is -2.09. The Balaban J connectivity index is 2.03. The number of hydrogen-bond donors (Lipinski definition) is 3. The number of benzene rings is 1. The molecule has 0 heterocycles. The van der Waals surface area contributed by atoms with Gasteiger partial charge >= 0.3 is 0 Å². The zero-order valence-electron chi connectivity index (χ0n) is 20.9. The molecule has 7 heteroatoms. The molecule has 6 nitrogen and oxygen atoms in total. The van der Waals surface area contributed by atoms with E-state index in [2.05, 4.69) is 41.8 Å². The zero-order chi connectivity index (χ0) is 24.4. The van der Waals surface area contributed by atoms with Gasteiger partial charge in [0.2, 0.25) is 0 Å². The highest BCUT2D eigenvalue weighted by atomic mass is 32.2. The Kier molecular flexibility index (Phi) is 10.7. The lowest BCUT2D eigenvalue weighted by Gasteiger charge is -2.37. The van der Waals surface area contributed by atoms with Crippen molar-refractivity contribution in [1.82, 2.24) is 10.2 Å². The maximum absolute atomic E-state index is 11.9. The van der Waals surface area contributed by atoms with Crippen molar-refractivity contribution in [2.24, 2.45) is 10.1 Å². The minimum absolute atomic E-state index is 0.418. The summed E-state index contributed by atoms with van der Waals surface area (Å²) in [6, 6.07) is 8.25. The van der Waals surface area contributed by atoms with Crippen molar-refractivity contribution in [3.05, 3.63) is 48.3 Å². The van der Waals surface area contributed by atoms with Gasteiger partial charge in [0.15, 0.2) is 0 Å². The van der Waals surface area contributed by atoms with Gasteiger partial charge in [0.05, 0.1) is 9.71 Å². The molecular weight excluding hydrogens is 430 g/mol. The Labute approximate surface area is 201 Å². The number of amidine groups is 1. The summed E-state index contributed by atoms with van der Waals surface area (Å²) < 4.78 is 11.9. The maximum atomic E-state index is 11.9. The van der Waals surface area contributed by atoms with Crippen LogP contribution >= 0.6 is 0 Å². The van der Waals surface area contributed by atoms with Gasteiger partial charge in [-0.3, -0.25) is 5.14 Å². The molecule has 1 aromatic carbocycles. The number of aliphatic imine (C=N–C) groups is 1. The van der Waals surface area contributed by atoms with Crippen molar-refractivity contribution < 1.29 is 4.21 Å². The highest BCUT2D eigenvalue weighted by Crippen LogP contribution is 2.25. The van der Waals surface area contributed by atoms with Crippen LogP contribution in [0.2, 0.25) is 0 Å². The highest BCUT2D eigenvalue weighted by Gasteiger charge is 2.25. The summed E-state index contributed by atoms with van der Waals surface area (Å²) in [5.41, 5.74) is 1.87. The van der Waals surface area contributed by atoms with E-state index in [-0.39, 0.29) is 0 Å². The van der Waals surface area contributed by atoms with Crippen LogP contribution in [0.15, 0.2) is 58.2 Å². The van der Waals surface area contributed by atoms with Gasteiger partial charge in [-0.25, -0.2) is 9.20 Å². The minimum Gasteiger partial charge on any atom is -0.367 e. The molecule has 0 radical (unpaired) electrons. The summed E-state index contributed by atoms with van der Waals surface area (Å²) >= 11 is 0. The van der Waals surface area contributed by atoms with Crippen LogP contribution < -0.4 is 15.8 Å². The molecule has 1 unspecified atom stereocenters. The molecule has 1 atom stereocenters. The van der Waals surface area contributed by atoms with Crippen molar-refractivity contribution >= 4 is 27.1 Å². The Bertz CT molecular complexity index is 920. The first kappa shape index (κ1) is 27.2. The fraction of sp³-hybridized carbons (Fsp3) is 0.538. The molecule has 1 aromatic rings. The lowest BCUT2D eigenvalue weighted by molar-refractivity contribution is 0.145. The monoisotopic (exact) mass is 473 g/mol. The first-order valence-corrected chi connectivity index (χ1v) is 13.9. The van der Waals surface area contributed by atoms with Gasteiger partial charge in [0, 0.05) is 22.7 Å². The highest BCUT2D eigenvalue weighted by molar-refractivity contribution is 7.98. The molecule has 1 aliphatic rings. The van der Waals surface area contributed by atoms with Gasteiger partial charge in [-0.1, -0.05) is 26.5 Å². The molecule has 0 amide bonds. The SMILES string of the molecule is C=C/C(C)=C(\N=C(/C)Nc1ccc(S(=C)(N)=O)cc1)NC1CCC(N(CCC)CCC)CC1. The van der Waals surface area contributed by atoms with Gasteiger partial charge < -0.3 is 15.5 Å². The van der Waals surface area contributed by atoms with E-state index in [1.54, 1.807) is 12.1 Å². The molecule has 184 valence electrons. The van der Waals surface area contributed by atoms with E-state index >= 15 is 0 Å². The molecule has 0 spiro atoms. The number of anilines is 1. The van der Waals surface area contributed by atoms with Gasteiger partial charge in [0.25, 0.3) is 0 Å². The minimum atomic E-state index is -2.70. The largest absolute Gasteiger partial charge is 0.367 e. The summed E-state index contributed by atoms with van der Waals surface area (Å²) in [5, 5.41) is 12.6. The van der Waals surface area contributed by atoms with Gasteiger partial charge in [-0.2, -0.15) is 0 Å². The Morgan fingerprint density at radius 1 is 1.15 bits per heavy atom. The molecule has 0 aromatic heterocycles. The van der Waals surface area contributed by atoms with Crippen LogP contribution in [-0.2, 0) is 9.71 Å². The fourth-order valence-corrected chi connectivity index (χ4v) is 4.93. The quantitative estimate of drug-likeness (QED) is 0.185. The van der Waals surface area contributed by atoms with Crippen LogP contribution in [0.4, 0.5) is 5.69 Å². The van der Waals surface area contributed by atoms with Crippen molar-refractivity contribution in [2.75, 3.05) is 18.4 Å². The lowest BCUT2D eigenvalue weighted by Crippen LogP contribution is -2.43. The predicted octanol–water partition coefficient (Wildman–Crippen LogP) is 4.91. The third-order valence-corrected chi connectivity index (χ3v) is 7.18. The average molecular weight is 474 g/mol. The smallest absolute Gasteiger partial charge is 0.131 e. The molecule has 2 rings (SSSR count). The molecule has 0 aliphatic heterocycles. The molecule has 33 heavy (non-hydrogen) atoms. The van der Waals surface area contributed by atoms with Crippen LogP contribution in [0.1, 0.15) is 66.2 Å². The molecule has 0 bridgehead atoms. The normalized spacial score (nSPS) is 21.8. The molecule has 1 fully saturated rings. The number of hydrogen-bond acceptors (Lipinski definition) is 4. The van der Waals surface area contributed by atoms with Gasteiger partial charge in [-0.15, -0.1) is 0 Å².